The minimum absolute atomic E-state index is 0.0549. The number of nitrogens with two attached hydrogens (primary N) is 1. The molecule has 0 aliphatic rings. The first-order chi connectivity index (χ1) is 13.2. The average Bonchev–Trinajstić information content (AvgIpc) is 3.26. The van der Waals surface area contributed by atoms with Crippen molar-refractivity contribution >= 4 is 27.3 Å². The molecule has 1 amide bonds. The molecule has 0 fully saturated rings. The van der Waals surface area contributed by atoms with Crippen LogP contribution < -0.4 is 10.5 Å². The van der Waals surface area contributed by atoms with Crippen LogP contribution in [0.5, 0.6) is 0 Å². The number of amides is 1. The van der Waals surface area contributed by atoms with Crippen LogP contribution in [0.3, 0.4) is 0 Å². The monoisotopic (exact) mass is 419 g/mol. The Morgan fingerprint density at radius 3 is 2.61 bits per heavy atom. The van der Waals surface area contributed by atoms with E-state index in [1.165, 1.54) is 6.07 Å². The van der Waals surface area contributed by atoms with Gasteiger partial charge in [-0.15, -0.1) is 16.4 Å². The predicted molar refractivity (Wildman–Crippen MR) is 107 cm³/mol. The van der Waals surface area contributed by atoms with Crippen LogP contribution in [-0.2, 0) is 16.6 Å². The van der Waals surface area contributed by atoms with Crippen molar-refractivity contribution in [2.75, 3.05) is 0 Å². The molecule has 148 valence electrons. The standard InChI is InChI=1S/C18H21N5O3S2/c1-11(2)14-6-4-5-7-15(14)23-12(3)21-17(22-23)18(24)20-10-13-8-9-16(27-13)28(19,25)26/h4-9,11H,10H2,1-3H3,(H,20,24)(H2,19,25,26). The van der Waals surface area contributed by atoms with Gasteiger partial charge in [0.05, 0.1) is 12.2 Å². The van der Waals surface area contributed by atoms with Gasteiger partial charge in [0, 0.05) is 4.88 Å². The number of rotatable bonds is 6. The molecule has 0 aliphatic carbocycles. The van der Waals surface area contributed by atoms with Gasteiger partial charge in [0.1, 0.15) is 10.0 Å². The molecule has 0 bridgehead atoms. The second-order valence-electron chi connectivity index (χ2n) is 6.56. The molecule has 2 heterocycles. The van der Waals surface area contributed by atoms with E-state index < -0.39 is 15.9 Å². The van der Waals surface area contributed by atoms with E-state index in [1.807, 2.05) is 24.3 Å². The third-order valence-electron chi connectivity index (χ3n) is 4.10. The maximum atomic E-state index is 12.4. The van der Waals surface area contributed by atoms with Crippen LogP contribution in [0.1, 0.15) is 46.6 Å². The highest BCUT2D eigenvalue weighted by atomic mass is 32.2. The average molecular weight is 420 g/mol. The van der Waals surface area contributed by atoms with Gasteiger partial charge in [-0.3, -0.25) is 4.79 Å². The molecule has 0 spiro atoms. The molecule has 3 rings (SSSR count). The largest absolute Gasteiger partial charge is 0.344 e. The summed E-state index contributed by atoms with van der Waals surface area (Å²) in [5.41, 5.74) is 1.99. The van der Waals surface area contributed by atoms with E-state index >= 15 is 0 Å². The number of hydrogen-bond acceptors (Lipinski definition) is 6. The second kappa shape index (κ2) is 7.82. The van der Waals surface area contributed by atoms with Crippen molar-refractivity contribution in [3.63, 3.8) is 0 Å². The number of aromatic nitrogens is 3. The molecule has 3 N–H and O–H groups in total. The molecule has 10 heteroatoms. The maximum Gasteiger partial charge on any atom is 0.291 e. The molecule has 0 unspecified atom stereocenters. The summed E-state index contributed by atoms with van der Waals surface area (Å²) in [5.74, 6) is 0.517. The van der Waals surface area contributed by atoms with Gasteiger partial charge in [0.25, 0.3) is 5.91 Å². The summed E-state index contributed by atoms with van der Waals surface area (Å²) in [6, 6.07) is 10.9. The Balaban J connectivity index is 1.78. The molecule has 2 aromatic heterocycles. The zero-order valence-electron chi connectivity index (χ0n) is 15.7. The van der Waals surface area contributed by atoms with Gasteiger partial charge in [0.15, 0.2) is 0 Å². The van der Waals surface area contributed by atoms with Crippen molar-refractivity contribution in [3.8, 4) is 5.69 Å². The molecule has 28 heavy (non-hydrogen) atoms. The van der Waals surface area contributed by atoms with E-state index in [9.17, 15) is 13.2 Å². The topological polar surface area (TPSA) is 120 Å². The van der Waals surface area contributed by atoms with Gasteiger partial charge in [0.2, 0.25) is 15.8 Å². The Morgan fingerprint density at radius 2 is 1.96 bits per heavy atom. The quantitative estimate of drug-likeness (QED) is 0.635. The van der Waals surface area contributed by atoms with Crippen molar-refractivity contribution in [3.05, 3.63) is 58.5 Å². The first-order valence-electron chi connectivity index (χ1n) is 8.59. The summed E-state index contributed by atoms with van der Waals surface area (Å²) in [6.07, 6.45) is 0. The summed E-state index contributed by atoms with van der Waals surface area (Å²) in [7, 11) is -3.74. The minimum atomic E-state index is -3.74. The number of para-hydroxylation sites is 1. The number of aryl methyl sites for hydroxylation is 1. The Labute approximate surface area is 167 Å². The summed E-state index contributed by atoms with van der Waals surface area (Å²) in [5, 5.41) is 12.2. The number of nitrogens with zero attached hydrogens (tertiary/aromatic N) is 3. The Hall–Kier alpha value is -2.56. The van der Waals surface area contributed by atoms with Crippen LogP contribution >= 0.6 is 11.3 Å². The molecule has 0 saturated carbocycles. The first kappa shape index (κ1) is 20.2. The van der Waals surface area contributed by atoms with Crippen LogP contribution in [-0.4, -0.2) is 29.1 Å². The van der Waals surface area contributed by atoms with Gasteiger partial charge in [-0.1, -0.05) is 32.0 Å². The normalized spacial score (nSPS) is 11.8. The summed E-state index contributed by atoms with van der Waals surface area (Å²) < 4.78 is 24.4. The number of nitrogens with one attached hydrogen (secondary N) is 1. The number of carbonyl (C=O) groups excluding carboxylic acids is 1. The zero-order chi connectivity index (χ0) is 20.5. The van der Waals surface area contributed by atoms with E-state index in [-0.39, 0.29) is 16.6 Å². The number of benzene rings is 1. The molecule has 0 radical (unpaired) electrons. The third kappa shape index (κ3) is 4.29. The van der Waals surface area contributed by atoms with Crippen molar-refractivity contribution in [2.45, 2.75) is 37.4 Å². The molecule has 0 saturated heterocycles. The highest BCUT2D eigenvalue weighted by Gasteiger charge is 2.18. The summed E-state index contributed by atoms with van der Waals surface area (Å²) in [6.45, 7) is 6.14. The fourth-order valence-corrected chi connectivity index (χ4v) is 4.45. The van der Waals surface area contributed by atoms with E-state index in [4.69, 9.17) is 5.14 Å². The molecule has 3 aromatic rings. The van der Waals surface area contributed by atoms with Crippen molar-refractivity contribution in [2.24, 2.45) is 5.14 Å². The van der Waals surface area contributed by atoms with Crippen LogP contribution in [0.2, 0.25) is 0 Å². The fourth-order valence-electron chi connectivity index (χ4n) is 2.74. The molecule has 8 nitrogen and oxygen atoms in total. The minimum Gasteiger partial charge on any atom is -0.344 e. The number of primary sulfonamides is 1. The Morgan fingerprint density at radius 1 is 1.25 bits per heavy atom. The number of sulfonamides is 1. The summed E-state index contributed by atoms with van der Waals surface area (Å²) in [4.78, 5) is 17.4. The number of thiophene rings is 1. The fraction of sp³-hybridized carbons (Fsp3) is 0.278. The second-order valence-corrected chi connectivity index (χ2v) is 9.51. The van der Waals surface area contributed by atoms with Crippen molar-refractivity contribution in [1.82, 2.24) is 20.1 Å². The summed E-state index contributed by atoms with van der Waals surface area (Å²) >= 11 is 1.01. The first-order valence-corrected chi connectivity index (χ1v) is 11.0. The third-order valence-corrected chi connectivity index (χ3v) is 6.62. The molecular formula is C18H21N5O3S2. The highest BCUT2D eigenvalue weighted by molar-refractivity contribution is 7.91. The zero-order valence-corrected chi connectivity index (χ0v) is 17.3. The van der Waals surface area contributed by atoms with Crippen molar-refractivity contribution in [1.29, 1.82) is 0 Å². The number of carbonyl (C=O) groups is 1. The van der Waals surface area contributed by atoms with E-state index in [0.29, 0.717) is 16.6 Å². The van der Waals surface area contributed by atoms with Gasteiger partial charge < -0.3 is 5.32 Å². The SMILES string of the molecule is Cc1nc(C(=O)NCc2ccc(S(N)(=O)=O)s2)nn1-c1ccccc1C(C)C. The van der Waals surface area contributed by atoms with Crippen LogP contribution in [0.25, 0.3) is 5.69 Å². The molecule has 0 aliphatic heterocycles. The maximum absolute atomic E-state index is 12.4. The van der Waals surface area contributed by atoms with Gasteiger partial charge >= 0.3 is 0 Å². The van der Waals surface area contributed by atoms with E-state index in [1.54, 1.807) is 17.7 Å². The van der Waals surface area contributed by atoms with Crippen molar-refractivity contribution < 1.29 is 13.2 Å². The predicted octanol–water partition coefficient (Wildman–Crippen LogP) is 2.34. The highest BCUT2D eigenvalue weighted by Crippen LogP contribution is 2.23. The lowest BCUT2D eigenvalue weighted by atomic mass is 10.0. The Bertz CT molecular complexity index is 1120. The van der Waals surface area contributed by atoms with E-state index in [2.05, 4.69) is 29.2 Å². The van der Waals surface area contributed by atoms with E-state index in [0.717, 1.165) is 22.6 Å². The van der Waals surface area contributed by atoms with Gasteiger partial charge in [-0.05, 0) is 36.6 Å². The Kier molecular flexibility index (Phi) is 5.64. The van der Waals surface area contributed by atoms with Gasteiger partial charge in [-0.2, -0.15) is 0 Å². The molecular weight excluding hydrogens is 398 g/mol. The van der Waals surface area contributed by atoms with Crippen LogP contribution in [0.15, 0.2) is 40.6 Å². The molecule has 1 aromatic carbocycles. The lowest BCUT2D eigenvalue weighted by Crippen LogP contribution is -2.23. The number of hydrogen-bond donors (Lipinski definition) is 2. The lowest BCUT2D eigenvalue weighted by Gasteiger charge is -2.12. The van der Waals surface area contributed by atoms with Crippen LogP contribution in [0.4, 0.5) is 0 Å². The lowest BCUT2D eigenvalue weighted by molar-refractivity contribution is 0.0941. The molecule has 0 atom stereocenters. The van der Waals surface area contributed by atoms with Crippen LogP contribution in [0, 0.1) is 6.92 Å². The smallest absolute Gasteiger partial charge is 0.291 e. The van der Waals surface area contributed by atoms with Gasteiger partial charge in [-0.25, -0.2) is 23.2 Å².